The van der Waals surface area contributed by atoms with Crippen molar-refractivity contribution in [1.29, 1.82) is 0 Å². The molecule has 3 N–H and O–H groups in total. The summed E-state index contributed by atoms with van der Waals surface area (Å²) < 4.78 is 0. The molecule has 0 aromatic heterocycles. The van der Waals surface area contributed by atoms with Crippen LogP contribution in [-0.2, 0) is 4.79 Å². The fourth-order valence-electron chi connectivity index (χ4n) is 0.838. The van der Waals surface area contributed by atoms with Crippen molar-refractivity contribution < 1.29 is 9.90 Å². The van der Waals surface area contributed by atoms with E-state index in [1.165, 1.54) is 18.2 Å². The predicted molar refractivity (Wildman–Crippen MR) is 45.7 cm³/mol. The van der Waals surface area contributed by atoms with Crippen LogP contribution in [0.1, 0.15) is 11.6 Å². The Kier molecular flexibility index (Phi) is 2.68. The van der Waals surface area contributed by atoms with Crippen molar-refractivity contribution >= 4 is 17.9 Å². The molecule has 0 aliphatic carbocycles. The van der Waals surface area contributed by atoms with E-state index in [9.17, 15) is 9.90 Å². The molecule has 3 nitrogen and oxygen atoms in total. The van der Waals surface area contributed by atoms with E-state index in [0.29, 0.717) is 5.02 Å². The number of aromatic hydroxyl groups is 1. The molecular formula is C8H7ClNO2. The lowest BCUT2D eigenvalue weighted by molar-refractivity contribution is 0.464. The highest BCUT2D eigenvalue weighted by Crippen LogP contribution is 2.24. The van der Waals surface area contributed by atoms with Crippen molar-refractivity contribution in [2.75, 3.05) is 0 Å². The van der Waals surface area contributed by atoms with E-state index < -0.39 is 6.04 Å². The molecule has 1 aromatic carbocycles. The van der Waals surface area contributed by atoms with Crippen LogP contribution in [0.3, 0.4) is 0 Å². The van der Waals surface area contributed by atoms with Gasteiger partial charge in [-0.3, -0.25) is 4.79 Å². The van der Waals surface area contributed by atoms with Crippen molar-refractivity contribution in [2.45, 2.75) is 6.04 Å². The van der Waals surface area contributed by atoms with Crippen molar-refractivity contribution in [3.8, 4) is 5.75 Å². The van der Waals surface area contributed by atoms with Gasteiger partial charge < -0.3 is 10.8 Å². The highest BCUT2D eigenvalue weighted by atomic mass is 35.5. The molecule has 12 heavy (non-hydrogen) atoms. The normalized spacial score (nSPS) is 12.5. The SMILES string of the molecule is NC([C]=O)c1cc(Cl)ccc1O. The third-order valence-electron chi connectivity index (χ3n) is 1.45. The number of hydrogen-bond acceptors (Lipinski definition) is 3. The first-order valence-corrected chi connectivity index (χ1v) is 3.64. The lowest BCUT2D eigenvalue weighted by atomic mass is 10.1. The Bertz CT molecular complexity index is 301. The third-order valence-corrected chi connectivity index (χ3v) is 1.69. The molecule has 0 amide bonds. The van der Waals surface area contributed by atoms with Gasteiger partial charge in [0.15, 0.2) is 0 Å². The number of benzene rings is 1. The molecule has 0 bridgehead atoms. The summed E-state index contributed by atoms with van der Waals surface area (Å²) in [7, 11) is 0. The zero-order valence-electron chi connectivity index (χ0n) is 6.12. The lowest BCUT2D eigenvalue weighted by Crippen LogP contribution is -2.11. The van der Waals surface area contributed by atoms with E-state index in [1.807, 2.05) is 0 Å². The first-order chi connectivity index (χ1) is 5.65. The van der Waals surface area contributed by atoms with Crippen molar-refractivity contribution in [2.24, 2.45) is 5.73 Å². The number of phenols is 1. The van der Waals surface area contributed by atoms with Crippen molar-refractivity contribution in [3.63, 3.8) is 0 Å². The van der Waals surface area contributed by atoms with Gasteiger partial charge >= 0.3 is 0 Å². The highest BCUT2D eigenvalue weighted by Gasteiger charge is 2.10. The summed E-state index contributed by atoms with van der Waals surface area (Å²) in [6.07, 6.45) is 1.56. The number of hydrogen-bond donors (Lipinski definition) is 2. The monoisotopic (exact) mass is 184 g/mol. The standard InChI is InChI=1S/C8H7ClNO2/c9-5-1-2-8(12)6(3-5)7(10)4-11/h1-3,7,12H,10H2. The van der Waals surface area contributed by atoms with Crippen LogP contribution in [0, 0.1) is 0 Å². The molecule has 63 valence electrons. The quantitative estimate of drug-likeness (QED) is 0.725. The van der Waals surface area contributed by atoms with E-state index in [0.717, 1.165) is 0 Å². The minimum Gasteiger partial charge on any atom is -0.508 e. The molecule has 1 rings (SSSR count). The molecule has 1 atom stereocenters. The second-order valence-electron chi connectivity index (χ2n) is 2.30. The second-order valence-corrected chi connectivity index (χ2v) is 2.74. The summed E-state index contributed by atoms with van der Waals surface area (Å²) in [6, 6.07) is 3.39. The fourth-order valence-corrected chi connectivity index (χ4v) is 1.02. The number of rotatable bonds is 2. The van der Waals surface area contributed by atoms with E-state index >= 15 is 0 Å². The molecule has 0 heterocycles. The summed E-state index contributed by atoms with van der Waals surface area (Å²) in [4.78, 5) is 10.2. The van der Waals surface area contributed by atoms with Gasteiger partial charge in [0.25, 0.3) is 0 Å². The lowest BCUT2D eigenvalue weighted by Gasteiger charge is -2.05. The maximum atomic E-state index is 10.2. The topological polar surface area (TPSA) is 63.3 Å². The van der Waals surface area contributed by atoms with Crippen molar-refractivity contribution in [3.05, 3.63) is 28.8 Å². The van der Waals surface area contributed by atoms with Crippen LogP contribution in [0.2, 0.25) is 5.02 Å². The van der Waals surface area contributed by atoms with Gasteiger partial charge in [-0.2, -0.15) is 0 Å². The summed E-state index contributed by atoms with van der Waals surface area (Å²) in [5, 5.41) is 9.64. The Labute approximate surface area is 74.8 Å². The first kappa shape index (κ1) is 9.03. The second kappa shape index (κ2) is 3.56. The molecule has 0 aliphatic rings. The first-order valence-electron chi connectivity index (χ1n) is 3.27. The Balaban J connectivity index is 3.12. The largest absolute Gasteiger partial charge is 0.508 e. The minimum atomic E-state index is -0.941. The van der Waals surface area contributed by atoms with Crippen LogP contribution in [0.15, 0.2) is 18.2 Å². The van der Waals surface area contributed by atoms with E-state index in [-0.39, 0.29) is 11.3 Å². The average molecular weight is 185 g/mol. The highest BCUT2D eigenvalue weighted by molar-refractivity contribution is 6.30. The maximum absolute atomic E-state index is 10.2. The number of nitrogens with two attached hydrogens (primary N) is 1. The average Bonchev–Trinajstić information content (AvgIpc) is 2.08. The van der Waals surface area contributed by atoms with Gasteiger partial charge in [0.2, 0.25) is 6.29 Å². The van der Waals surface area contributed by atoms with Crippen LogP contribution in [0.4, 0.5) is 0 Å². The molecule has 0 fully saturated rings. The third kappa shape index (κ3) is 1.75. The fraction of sp³-hybridized carbons (Fsp3) is 0.125. The van der Waals surface area contributed by atoms with Gasteiger partial charge in [-0.15, -0.1) is 0 Å². The molecule has 0 saturated carbocycles. The zero-order valence-corrected chi connectivity index (χ0v) is 6.88. The smallest absolute Gasteiger partial charge is 0.221 e. The van der Waals surface area contributed by atoms with Crippen LogP contribution >= 0.6 is 11.6 Å². The summed E-state index contributed by atoms with van der Waals surface area (Å²) >= 11 is 5.62. The van der Waals surface area contributed by atoms with Crippen molar-refractivity contribution in [1.82, 2.24) is 0 Å². The van der Waals surface area contributed by atoms with Gasteiger partial charge in [0.05, 0.1) is 0 Å². The predicted octanol–water partition coefficient (Wildman–Crippen LogP) is 1.16. The minimum absolute atomic E-state index is 0.0461. The molecule has 1 aromatic rings. The number of phenolic OH excluding ortho intramolecular Hbond substituents is 1. The van der Waals surface area contributed by atoms with Crippen LogP contribution in [0.25, 0.3) is 0 Å². The van der Waals surface area contributed by atoms with E-state index in [2.05, 4.69) is 0 Å². The Hall–Kier alpha value is -1.06. The Morgan fingerprint density at radius 1 is 1.58 bits per heavy atom. The van der Waals surface area contributed by atoms with Gasteiger partial charge in [-0.05, 0) is 18.2 Å². The van der Waals surface area contributed by atoms with Crippen LogP contribution in [-0.4, -0.2) is 11.4 Å². The molecule has 0 spiro atoms. The van der Waals surface area contributed by atoms with Crippen LogP contribution < -0.4 is 5.73 Å². The molecule has 1 radical (unpaired) electrons. The van der Waals surface area contributed by atoms with Gasteiger partial charge in [0.1, 0.15) is 11.8 Å². The van der Waals surface area contributed by atoms with Gasteiger partial charge in [0, 0.05) is 10.6 Å². The molecule has 4 heteroatoms. The molecular weight excluding hydrogens is 178 g/mol. The molecule has 1 unspecified atom stereocenters. The number of halogens is 1. The Morgan fingerprint density at radius 2 is 2.25 bits per heavy atom. The molecule has 0 saturated heterocycles. The van der Waals surface area contributed by atoms with Gasteiger partial charge in [-0.25, -0.2) is 0 Å². The molecule has 0 aliphatic heterocycles. The van der Waals surface area contributed by atoms with E-state index in [4.69, 9.17) is 17.3 Å². The maximum Gasteiger partial charge on any atom is 0.221 e. The van der Waals surface area contributed by atoms with E-state index in [1.54, 1.807) is 6.29 Å². The Morgan fingerprint density at radius 3 is 2.83 bits per heavy atom. The van der Waals surface area contributed by atoms with Crippen LogP contribution in [0.5, 0.6) is 5.75 Å². The number of carbonyl (C=O) groups excluding carboxylic acids is 1. The summed E-state index contributed by atoms with van der Waals surface area (Å²) in [5.41, 5.74) is 5.61. The zero-order chi connectivity index (χ0) is 9.14. The summed E-state index contributed by atoms with van der Waals surface area (Å²) in [5.74, 6) is -0.0461. The van der Waals surface area contributed by atoms with Gasteiger partial charge in [-0.1, -0.05) is 11.6 Å². The summed E-state index contributed by atoms with van der Waals surface area (Å²) in [6.45, 7) is 0.